The first-order valence-corrected chi connectivity index (χ1v) is 10.8. The summed E-state index contributed by atoms with van der Waals surface area (Å²) in [4.78, 5) is 9.69. The van der Waals surface area contributed by atoms with E-state index in [0.29, 0.717) is 13.0 Å². The Balaban J connectivity index is 1.59. The number of pyridine rings is 1. The molecule has 0 amide bonds. The van der Waals surface area contributed by atoms with Crippen molar-refractivity contribution in [2.45, 2.75) is 26.0 Å². The molecule has 0 aliphatic heterocycles. The van der Waals surface area contributed by atoms with Crippen molar-refractivity contribution in [2.75, 3.05) is 6.54 Å². The van der Waals surface area contributed by atoms with Gasteiger partial charge >= 0.3 is 0 Å². The third kappa shape index (κ3) is 4.97. The fourth-order valence-electron chi connectivity index (χ4n) is 2.55. The number of aromatic nitrogens is 2. The molecule has 2 heterocycles. The summed E-state index contributed by atoms with van der Waals surface area (Å²) < 4.78 is 27.2. The Kier molecular flexibility index (Phi) is 5.80. The first-order chi connectivity index (χ1) is 12.4. The van der Waals surface area contributed by atoms with Crippen molar-refractivity contribution in [3.8, 4) is 10.6 Å². The Bertz CT molecular complexity index is 966. The standard InChI is InChI=1S/C19H21N3O2S2/c1-14-3-5-16(6-4-14)13-26(23,24)21-12-9-18-15(2)22-19(25-18)17-7-10-20-11-8-17/h3-8,10-11,21H,9,12-13H2,1-2H3. The van der Waals surface area contributed by atoms with Crippen molar-refractivity contribution in [1.82, 2.24) is 14.7 Å². The molecule has 3 aromatic rings. The normalized spacial score (nSPS) is 11.6. The Morgan fingerprint density at radius 3 is 2.42 bits per heavy atom. The van der Waals surface area contributed by atoms with Crippen molar-refractivity contribution in [3.05, 3.63) is 70.5 Å². The molecular formula is C19H21N3O2S2. The van der Waals surface area contributed by atoms with Crippen molar-refractivity contribution >= 4 is 21.4 Å². The van der Waals surface area contributed by atoms with Crippen LogP contribution in [0.2, 0.25) is 0 Å². The van der Waals surface area contributed by atoms with Crippen LogP contribution in [0, 0.1) is 13.8 Å². The molecule has 7 heteroatoms. The van der Waals surface area contributed by atoms with E-state index in [1.54, 1.807) is 23.7 Å². The maximum atomic E-state index is 12.3. The maximum absolute atomic E-state index is 12.3. The fourth-order valence-corrected chi connectivity index (χ4v) is 4.77. The minimum Gasteiger partial charge on any atom is -0.265 e. The highest BCUT2D eigenvalue weighted by molar-refractivity contribution is 7.88. The van der Waals surface area contributed by atoms with E-state index in [2.05, 4.69) is 14.7 Å². The van der Waals surface area contributed by atoms with Gasteiger partial charge in [0.15, 0.2) is 0 Å². The molecule has 0 aliphatic carbocycles. The molecule has 0 fully saturated rings. The molecule has 0 unspecified atom stereocenters. The molecule has 5 nitrogen and oxygen atoms in total. The van der Waals surface area contributed by atoms with Crippen molar-refractivity contribution < 1.29 is 8.42 Å². The lowest BCUT2D eigenvalue weighted by Crippen LogP contribution is -2.27. The van der Waals surface area contributed by atoms with Gasteiger partial charge in [0.25, 0.3) is 0 Å². The van der Waals surface area contributed by atoms with Crippen LogP contribution in [0.25, 0.3) is 10.6 Å². The Labute approximate surface area is 158 Å². The zero-order valence-corrected chi connectivity index (χ0v) is 16.4. The fraction of sp³-hybridized carbons (Fsp3) is 0.263. The van der Waals surface area contributed by atoms with E-state index < -0.39 is 10.0 Å². The van der Waals surface area contributed by atoms with Gasteiger partial charge in [0.05, 0.1) is 11.4 Å². The van der Waals surface area contributed by atoms with Crippen LogP contribution in [-0.2, 0) is 22.2 Å². The molecule has 26 heavy (non-hydrogen) atoms. The number of thiazole rings is 1. The molecule has 1 aromatic carbocycles. The molecule has 0 radical (unpaired) electrons. The highest BCUT2D eigenvalue weighted by Crippen LogP contribution is 2.27. The number of nitrogens with zero attached hydrogens (tertiary/aromatic N) is 2. The molecule has 0 aliphatic rings. The van der Waals surface area contributed by atoms with Gasteiger partial charge in [0, 0.05) is 29.4 Å². The highest BCUT2D eigenvalue weighted by atomic mass is 32.2. The second-order valence-electron chi connectivity index (χ2n) is 6.15. The minimum atomic E-state index is -3.35. The van der Waals surface area contributed by atoms with Crippen molar-refractivity contribution in [1.29, 1.82) is 0 Å². The summed E-state index contributed by atoms with van der Waals surface area (Å²) >= 11 is 1.60. The first kappa shape index (κ1) is 18.7. The van der Waals surface area contributed by atoms with Crippen molar-refractivity contribution in [3.63, 3.8) is 0 Å². The lowest BCUT2D eigenvalue weighted by atomic mass is 10.2. The van der Waals surface area contributed by atoms with Gasteiger partial charge in [0.1, 0.15) is 5.01 Å². The summed E-state index contributed by atoms with van der Waals surface area (Å²) in [6.07, 6.45) is 4.11. The van der Waals surface area contributed by atoms with Crippen LogP contribution < -0.4 is 4.72 Å². The number of rotatable bonds is 7. The van der Waals surface area contributed by atoms with E-state index in [1.807, 2.05) is 50.2 Å². The topological polar surface area (TPSA) is 72.0 Å². The number of aryl methyl sites for hydroxylation is 2. The van der Waals surface area contributed by atoms with E-state index in [1.165, 1.54) is 0 Å². The summed E-state index contributed by atoms with van der Waals surface area (Å²) in [6.45, 7) is 4.30. The maximum Gasteiger partial charge on any atom is 0.215 e. The quantitative estimate of drug-likeness (QED) is 0.674. The van der Waals surface area contributed by atoms with Crippen LogP contribution in [0.4, 0.5) is 0 Å². The van der Waals surface area contributed by atoms with Crippen LogP contribution in [0.15, 0.2) is 48.8 Å². The number of benzene rings is 1. The van der Waals surface area contributed by atoms with Gasteiger partial charge in [0.2, 0.25) is 10.0 Å². The Morgan fingerprint density at radius 1 is 1.04 bits per heavy atom. The molecule has 0 spiro atoms. The average Bonchev–Trinajstić information content (AvgIpc) is 2.98. The SMILES string of the molecule is Cc1ccc(CS(=O)(=O)NCCc2sc(-c3ccncc3)nc2C)cc1. The predicted molar refractivity (Wildman–Crippen MR) is 106 cm³/mol. The zero-order valence-electron chi connectivity index (χ0n) is 14.8. The van der Waals surface area contributed by atoms with E-state index in [4.69, 9.17) is 0 Å². The smallest absolute Gasteiger partial charge is 0.215 e. The van der Waals surface area contributed by atoms with Crippen LogP contribution in [0.5, 0.6) is 0 Å². The molecule has 0 saturated heterocycles. The van der Waals surface area contributed by atoms with E-state index in [-0.39, 0.29) is 5.75 Å². The number of hydrogen-bond donors (Lipinski definition) is 1. The van der Waals surface area contributed by atoms with Gasteiger partial charge in [-0.05, 0) is 38.0 Å². The van der Waals surface area contributed by atoms with E-state index in [0.717, 1.165) is 32.3 Å². The summed E-state index contributed by atoms with van der Waals surface area (Å²) in [5.41, 5.74) is 3.88. The van der Waals surface area contributed by atoms with E-state index >= 15 is 0 Å². The molecule has 3 rings (SSSR count). The van der Waals surface area contributed by atoms with Gasteiger partial charge in [-0.2, -0.15) is 0 Å². The van der Waals surface area contributed by atoms with Crippen LogP contribution in [0.1, 0.15) is 21.7 Å². The summed E-state index contributed by atoms with van der Waals surface area (Å²) in [7, 11) is -3.35. The minimum absolute atomic E-state index is 0.00276. The molecule has 2 aromatic heterocycles. The monoisotopic (exact) mass is 387 g/mol. The summed E-state index contributed by atoms with van der Waals surface area (Å²) in [6, 6.07) is 11.4. The lowest BCUT2D eigenvalue weighted by molar-refractivity contribution is 0.581. The van der Waals surface area contributed by atoms with Gasteiger partial charge in [-0.25, -0.2) is 18.1 Å². The van der Waals surface area contributed by atoms with Gasteiger partial charge in [-0.1, -0.05) is 29.8 Å². The van der Waals surface area contributed by atoms with Gasteiger partial charge in [-0.15, -0.1) is 11.3 Å². The average molecular weight is 388 g/mol. The Morgan fingerprint density at radius 2 is 1.73 bits per heavy atom. The first-order valence-electron chi connectivity index (χ1n) is 8.32. The number of sulfonamides is 1. The molecule has 0 saturated carbocycles. The molecular weight excluding hydrogens is 366 g/mol. The Hall–Kier alpha value is -2.09. The zero-order chi connectivity index (χ0) is 18.6. The second-order valence-corrected chi connectivity index (χ2v) is 9.04. The largest absolute Gasteiger partial charge is 0.265 e. The van der Waals surface area contributed by atoms with Crippen LogP contribution in [0.3, 0.4) is 0 Å². The third-order valence-corrected chi connectivity index (χ3v) is 6.59. The predicted octanol–water partition coefficient (Wildman–Crippen LogP) is 3.48. The van der Waals surface area contributed by atoms with Crippen molar-refractivity contribution in [2.24, 2.45) is 0 Å². The molecule has 1 N–H and O–H groups in total. The van der Waals surface area contributed by atoms with E-state index in [9.17, 15) is 8.42 Å². The van der Waals surface area contributed by atoms with Crippen LogP contribution >= 0.6 is 11.3 Å². The molecule has 136 valence electrons. The van der Waals surface area contributed by atoms with Crippen LogP contribution in [-0.4, -0.2) is 24.9 Å². The third-order valence-electron chi connectivity index (χ3n) is 3.97. The number of nitrogens with one attached hydrogen (secondary N) is 1. The highest BCUT2D eigenvalue weighted by Gasteiger charge is 2.13. The molecule has 0 bridgehead atoms. The lowest BCUT2D eigenvalue weighted by Gasteiger charge is -2.07. The van der Waals surface area contributed by atoms with Gasteiger partial charge in [-0.3, -0.25) is 4.98 Å². The summed E-state index contributed by atoms with van der Waals surface area (Å²) in [5, 5.41) is 0.933. The summed E-state index contributed by atoms with van der Waals surface area (Å²) in [5.74, 6) is -0.00276. The second kappa shape index (κ2) is 8.07. The van der Waals surface area contributed by atoms with Gasteiger partial charge < -0.3 is 0 Å². The molecule has 0 atom stereocenters. The number of hydrogen-bond acceptors (Lipinski definition) is 5.